The predicted octanol–water partition coefficient (Wildman–Crippen LogP) is 1.94. The summed E-state index contributed by atoms with van der Waals surface area (Å²) < 4.78 is 0. The van der Waals surface area contributed by atoms with Gasteiger partial charge in [-0.3, -0.25) is 0 Å². The van der Waals surface area contributed by atoms with Crippen LogP contribution in [-0.4, -0.2) is 41.0 Å². The number of nitrogens with one attached hydrogen (secondary N) is 1. The molecule has 0 amide bonds. The molecule has 0 aromatic carbocycles. The first-order chi connectivity index (χ1) is 9.11. The topological polar surface area (TPSA) is 67.1 Å². The summed E-state index contributed by atoms with van der Waals surface area (Å²) in [6.07, 6.45) is 2.80. The maximum Gasteiger partial charge on any atom is 0.134 e. The molecule has 1 aliphatic rings. The Hall–Kier alpha value is -1.36. The van der Waals surface area contributed by atoms with Gasteiger partial charge in [-0.15, -0.1) is 0 Å². The van der Waals surface area contributed by atoms with E-state index in [1.807, 2.05) is 0 Å². The Morgan fingerprint density at radius 1 is 1.47 bits per heavy atom. The molecule has 0 bridgehead atoms. The number of anilines is 2. The maximum absolute atomic E-state index is 5.95. The average Bonchev–Trinajstić information content (AvgIpc) is 2.83. The van der Waals surface area contributed by atoms with Crippen LogP contribution in [0.25, 0.3) is 0 Å². The van der Waals surface area contributed by atoms with Crippen molar-refractivity contribution < 1.29 is 0 Å². The predicted molar refractivity (Wildman–Crippen MR) is 79.2 cm³/mol. The van der Waals surface area contributed by atoms with Crippen molar-refractivity contribution in [3.63, 3.8) is 0 Å². The number of rotatable bonds is 5. The Morgan fingerprint density at radius 2 is 2.26 bits per heavy atom. The van der Waals surface area contributed by atoms with Gasteiger partial charge in [-0.1, -0.05) is 20.8 Å². The SMILES string of the molecule is CCN1CCC(CNc2ncnc(N)c2C(C)C)C1. The summed E-state index contributed by atoms with van der Waals surface area (Å²) in [4.78, 5) is 10.9. The van der Waals surface area contributed by atoms with E-state index in [0.717, 1.165) is 24.5 Å². The van der Waals surface area contributed by atoms with Gasteiger partial charge in [-0.05, 0) is 31.3 Å². The van der Waals surface area contributed by atoms with Crippen LogP contribution in [-0.2, 0) is 0 Å². The van der Waals surface area contributed by atoms with Crippen LogP contribution in [0.4, 0.5) is 11.6 Å². The van der Waals surface area contributed by atoms with Gasteiger partial charge in [0.25, 0.3) is 0 Å². The fraction of sp³-hybridized carbons (Fsp3) is 0.714. The van der Waals surface area contributed by atoms with E-state index in [0.29, 0.717) is 17.7 Å². The molecule has 1 atom stereocenters. The lowest BCUT2D eigenvalue weighted by atomic mass is 10.0. The lowest BCUT2D eigenvalue weighted by Gasteiger charge is -2.17. The van der Waals surface area contributed by atoms with E-state index in [2.05, 4.69) is 41.0 Å². The van der Waals surface area contributed by atoms with Gasteiger partial charge in [-0.25, -0.2) is 9.97 Å². The van der Waals surface area contributed by atoms with Gasteiger partial charge < -0.3 is 16.0 Å². The molecule has 1 saturated heterocycles. The fourth-order valence-corrected chi connectivity index (χ4v) is 2.73. The number of hydrogen-bond donors (Lipinski definition) is 2. The lowest BCUT2D eigenvalue weighted by molar-refractivity contribution is 0.345. The van der Waals surface area contributed by atoms with Gasteiger partial charge in [0.1, 0.15) is 18.0 Å². The number of nitrogen functional groups attached to an aromatic ring is 1. The van der Waals surface area contributed by atoms with Crippen LogP contribution in [0.5, 0.6) is 0 Å². The number of nitrogens with two attached hydrogens (primary N) is 1. The van der Waals surface area contributed by atoms with E-state index in [-0.39, 0.29) is 0 Å². The molecule has 106 valence electrons. The summed E-state index contributed by atoms with van der Waals surface area (Å²) >= 11 is 0. The standard InChI is InChI=1S/C14H25N5/c1-4-19-6-5-11(8-19)7-16-14-12(10(2)3)13(15)17-9-18-14/h9-11H,4-8H2,1-3H3,(H3,15,16,17,18). The number of aromatic nitrogens is 2. The van der Waals surface area contributed by atoms with Crippen LogP contribution in [0.2, 0.25) is 0 Å². The van der Waals surface area contributed by atoms with Crippen molar-refractivity contribution in [2.75, 3.05) is 37.2 Å². The van der Waals surface area contributed by atoms with Crippen LogP contribution < -0.4 is 11.1 Å². The molecule has 2 rings (SSSR count). The van der Waals surface area contributed by atoms with Crippen LogP contribution >= 0.6 is 0 Å². The normalized spacial score (nSPS) is 20.1. The number of likely N-dealkylation sites (tertiary alicyclic amines) is 1. The summed E-state index contributed by atoms with van der Waals surface area (Å²) in [5.41, 5.74) is 6.99. The second-order valence-electron chi connectivity index (χ2n) is 5.60. The molecule has 0 spiro atoms. The number of nitrogens with zero attached hydrogens (tertiary/aromatic N) is 3. The van der Waals surface area contributed by atoms with Crippen molar-refractivity contribution in [1.82, 2.24) is 14.9 Å². The van der Waals surface area contributed by atoms with Crippen LogP contribution in [0.1, 0.15) is 38.7 Å². The zero-order valence-electron chi connectivity index (χ0n) is 12.2. The van der Waals surface area contributed by atoms with Gasteiger partial charge in [0.15, 0.2) is 0 Å². The van der Waals surface area contributed by atoms with E-state index in [9.17, 15) is 0 Å². The van der Waals surface area contributed by atoms with Gasteiger partial charge in [-0.2, -0.15) is 0 Å². The molecule has 1 aliphatic heterocycles. The third kappa shape index (κ3) is 3.35. The Balaban J connectivity index is 1.98. The summed E-state index contributed by atoms with van der Waals surface area (Å²) in [5, 5.41) is 3.46. The molecule has 1 fully saturated rings. The fourth-order valence-electron chi connectivity index (χ4n) is 2.73. The minimum atomic E-state index is 0.333. The van der Waals surface area contributed by atoms with E-state index in [1.165, 1.54) is 25.8 Å². The molecule has 19 heavy (non-hydrogen) atoms. The Bertz CT molecular complexity index is 418. The van der Waals surface area contributed by atoms with E-state index >= 15 is 0 Å². The van der Waals surface area contributed by atoms with E-state index in [1.54, 1.807) is 0 Å². The maximum atomic E-state index is 5.95. The summed E-state index contributed by atoms with van der Waals surface area (Å²) in [6, 6.07) is 0. The minimum absolute atomic E-state index is 0.333. The van der Waals surface area contributed by atoms with Crippen LogP contribution in [0, 0.1) is 5.92 Å². The zero-order chi connectivity index (χ0) is 13.8. The Kier molecular flexibility index (Phi) is 4.58. The lowest BCUT2D eigenvalue weighted by Crippen LogP contribution is -2.23. The first-order valence-electron chi connectivity index (χ1n) is 7.18. The monoisotopic (exact) mass is 263 g/mol. The summed E-state index contributed by atoms with van der Waals surface area (Å²) in [5.74, 6) is 2.53. The minimum Gasteiger partial charge on any atom is -0.383 e. The van der Waals surface area contributed by atoms with Gasteiger partial charge in [0, 0.05) is 18.7 Å². The van der Waals surface area contributed by atoms with E-state index < -0.39 is 0 Å². The van der Waals surface area contributed by atoms with Crippen molar-refractivity contribution in [2.24, 2.45) is 5.92 Å². The van der Waals surface area contributed by atoms with Crippen molar-refractivity contribution in [1.29, 1.82) is 0 Å². The summed E-state index contributed by atoms with van der Waals surface area (Å²) in [6.45, 7) is 11.0. The molecule has 1 aromatic heterocycles. The summed E-state index contributed by atoms with van der Waals surface area (Å²) in [7, 11) is 0. The molecular formula is C14H25N5. The molecule has 1 unspecified atom stereocenters. The van der Waals surface area contributed by atoms with Crippen molar-refractivity contribution in [3.8, 4) is 0 Å². The van der Waals surface area contributed by atoms with E-state index in [4.69, 9.17) is 5.73 Å². The highest BCUT2D eigenvalue weighted by atomic mass is 15.1. The quantitative estimate of drug-likeness (QED) is 0.849. The smallest absolute Gasteiger partial charge is 0.134 e. The van der Waals surface area contributed by atoms with Crippen molar-refractivity contribution in [2.45, 2.75) is 33.1 Å². The molecular weight excluding hydrogens is 238 g/mol. The van der Waals surface area contributed by atoms with Gasteiger partial charge in [0.2, 0.25) is 0 Å². The first-order valence-corrected chi connectivity index (χ1v) is 7.18. The molecule has 5 nitrogen and oxygen atoms in total. The second kappa shape index (κ2) is 6.19. The van der Waals surface area contributed by atoms with Gasteiger partial charge in [0.05, 0.1) is 0 Å². The highest BCUT2D eigenvalue weighted by Gasteiger charge is 2.21. The highest BCUT2D eigenvalue weighted by Crippen LogP contribution is 2.26. The molecule has 2 heterocycles. The third-order valence-corrected chi connectivity index (χ3v) is 3.87. The molecule has 1 aromatic rings. The number of hydrogen-bond acceptors (Lipinski definition) is 5. The van der Waals surface area contributed by atoms with Crippen LogP contribution in [0.3, 0.4) is 0 Å². The largest absolute Gasteiger partial charge is 0.383 e. The molecule has 0 aliphatic carbocycles. The average molecular weight is 263 g/mol. The Labute approximate surface area is 115 Å². The molecule has 3 N–H and O–H groups in total. The molecule has 0 saturated carbocycles. The van der Waals surface area contributed by atoms with Crippen molar-refractivity contribution in [3.05, 3.63) is 11.9 Å². The van der Waals surface area contributed by atoms with Crippen LogP contribution in [0.15, 0.2) is 6.33 Å². The third-order valence-electron chi connectivity index (χ3n) is 3.87. The van der Waals surface area contributed by atoms with Gasteiger partial charge >= 0.3 is 0 Å². The molecule has 0 radical (unpaired) electrons. The Morgan fingerprint density at radius 3 is 2.89 bits per heavy atom. The first kappa shape index (κ1) is 14.1. The van der Waals surface area contributed by atoms with Crippen molar-refractivity contribution >= 4 is 11.6 Å². The highest BCUT2D eigenvalue weighted by molar-refractivity contribution is 5.56. The second-order valence-corrected chi connectivity index (χ2v) is 5.60. The molecule has 5 heteroatoms. The zero-order valence-corrected chi connectivity index (χ0v) is 12.2.